The molecule has 4 nitrogen and oxygen atoms in total. The minimum atomic E-state index is 0.734. The van der Waals surface area contributed by atoms with Crippen LogP contribution in [0.5, 0.6) is 0 Å². The lowest BCUT2D eigenvalue weighted by Gasteiger charge is -2.09. The third-order valence-corrected chi connectivity index (χ3v) is 4.17. The molecule has 1 N–H and O–H groups in total. The Kier molecular flexibility index (Phi) is 3.34. The molecule has 18 heavy (non-hydrogen) atoms. The van der Waals surface area contributed by atoms with Crippen LogP contribution in [0.2, 0.25) is 0 Å². The highest BCUT2D eigenvalue weighted by molar-refractivity contribution is 7.99. The molecule has 1 aromatic heterocycles. The molecule has 1 aliphatic carbocycles. The van der Waals surface area contributed by atoms with E-state index in [1.807, 2.05) is 11.6 Å². The molecular formula is C13H16N4S. The van der Waals surface area contributed by atoms with E-state index < -0.39 is 0 Å². The average molecular weight is 260 g/mol. The van der Waals surface area contributed by atoms with E-state index in [9.17, 15) is 0 Å². The van der Waals surface area contributed by atoms with Crippen molar-refractivity contribution in [3.63, 3.8) is 0 Å². The zero-order valence-corrected chi connectivity index (χ0v) is 11.2. The van der Waals surface area contributed by atoms with Crippen molar-refractivity contribution in [2.24, 2.45) is 7.05 Å². The van der Waals surface area contributed by atoms with Crippen molar-refractivity contribution in [3.05, 3.63) is 36.2 Å². The summed E-state index contributed by atoms with van der Waals surface area (Å²) in [4.78, 5) is 1.25. The van der Waals surface area contributed by atoms with E-state index in [1.165, 1.54) is 23.3 Å². The molecule has 1 fully saturated rings. The van der Waals surface area contributed by atoms with Crippen molar-refractivity contribution in [1.82, 2.24) is 20.1 Å². The Bertz CT molecular complexity index is 533. The highest BCUT2D eigenvalue weighted by Crippen LogP contribution is 2.29. The van der Waals surface area contributed by atoms with Gasteiger partial charge in [-0.1, -0.05) is 18.2 Å². The third-order valence-electron chi connectivity index (χ3n) is 3.00. The Morgan fingerprint density at radius 2 is 2.22 bits per heavy atom. The Hall–Kier alpha value is -1.33. The standard InChI is InChI=1S/C13H16N4S/c1-17-9-15-16-13(17)18-12-5-3-2-4-10(12)8-14-11-6-7-11/h2-5,9,11,14H,6-8H2,1H3. The van der Waals surface area contributed by atoms with Gasteiger partial charge in [-0.3, -0.25) is 0 Å². The number of nitrogens with one attached hydrogen (secondary N) is 1. The molecule has 1 saturated carbocycles. The van der Waals surface area contributed by atoms with Gasteiger partial charge in [0.05, 0.1) is 0 Å². The summed E-state index contributed by atoms with van der Waals surface area (Å²) in [6, 6.07) is 9.21. The van der Waals surface area contributed by atoms with E-state index in [4.69, 9.17) is 0 Å². The molecule has 94 valence electrons. The van der Waals surface area contributed by atoms with Crippen molar-refractivity contribution < 1.29 is 0 Å². The van der Waals surface area contributed by atoms with Crippen molar-refractivity contribution in [3.8, 4) is 0 Å². The topological polar surface area (TPSA) is 42.7 Å². The number of aromatic nitrogens is 3. The van der Waals surface area contributed by atoms with Gasteiger partial charge in [-0.2, -0.15) is 0 Å². The Morgan fingerprint density at radius 3 is 2.94 bits per heavy atom. The number of nitrogens with zero attached hydrogens (tertiary/aromatic N) is 3. The van der Waals surface area contributed by atoms with E-state index >= 15 is 0 Å². The van der Waals surface area contributed by atoms with Gasteiger partial charge in [0.1, 0.15) is 6.33 Å². The number of benzene rings is 1. The van der Waals surface area contributed by atoms with Crippen LogP contribution in [0.4, 0.5) is 0 Å². The molecule has 1 aromatic carbocycles. The van der Waals surface area contributed by atoms with Crippen molar-refractivity contribution >= 4 is 11.8 Å². The molecule has 0 amide bonds. The van der Waals surface area contributed by atoms with Gasteiger partial charge in [-0.25, -0.2) is 0 Å². The van der Waals surface area contributed by atoms with Gasteiger partial charge < -0.3 is 9.88 Å². The highest BCUT2D eigenvalue weighted by Gasteiger charge is 2.20. The van der Waals surface area contributed by atoms with Crippen molar-refractivity contribution in [1.29, 1.82) is 0 Å². The van der Waals surface area contributed by atoms with Gasteiger partial charge >= 0.3 is 0 Å². The largest absolute Gasteiger partial charge is 0.311 e. The van der Waals surface area contributed by atoms with Crippen LogP contribution < -0.4 is 5.32 Å². The second-order valence-electron chi connectivity index (χ2n) is 4.59. The molecular weight excluding hydrogens is 244 g/mol. The van der Waals surface area contributed by atoms with Crippen molar-refractivity contribution in [2.75, 3.05) is 0 Å². The fourth-order valence-corrected chi connectivity index (χ4v) is 2.65. The van der Waals surface area contributed by atoms with Crippen LogP contribution in [-0.4, -0.2) is 20.8 Å². The van der Waals surface area contributed by atoms with Gasteiger partial charge in [0.25, 0.3) is 0 Å². The lowest BCUT2D eigenvalue weighted by molar-refractivity contribution is 0.680. The van der Waals surface area contributed by atoms with E-state index in [0.717, 1.165) is 17.7 Å². The Balaban J connectivity index is 1.75. The first-order valence-electron chi connectivity index (χ1n) is 6.16. The summed E-state index contributed by atoms with van der Waals surface area (Å²) in [5.41, 5.74) is 1.33. The van der Waals surface area contributed by atoms with Crippen LogP contribution >= 0.6 is 11.8 Å². The second kappa shape index (κ2) is 5.12. The van der Waals surface area contributed by atoms with Crippen LogP contribution in [0.15, 0.2) is 40.6 Å². The predicted octanol–water partition coefficient (Wildman–Crippen LogP) is 2.22. The third kappa shape index (κ3) is 2.73. The molecule has 0 bridgehead atoms. The number of rotatable bonds is 5. The maximum absolute atomic E-state index is 4.12. The summed E-state index contributed by atoms with van der Waals surface area (Å²) in [6.07, 6.45) is 4.37. The summed E-state index contributed by atoms with van der Waals surface area (Å²) in [6.45, 7) is 0.936. The monoisotopic (exact) mass is 260 g/mol. The van der Waals surface area contributed by atoms with Crippen LogP contribution in [0, 0.1) is 0 Å². The first-order valence-corrected chi connectivity index (χ1v) is 6.98. The SMILES string of the molecule is Cn1cnnc1Sc1ccccc1CNC1CC1. The summed E-state index contributed by atoms with van der Waals surface area (Å²) >= 11 is 1.67. The molecule has 1 aliphatic rings. The van der Waals surface area contributed by atoms with E-state index in [-0.39, 0.29) is 0 Å². The lowest BCUT2D eigenvalue weighted by atomic mass is 10.2. The van der Waals surface area contributed by atoms with E-state index in [1.54, 1.807) is 18.1 Å². The van der Waals surface area contributed by atoms with Crippen LogP contribution in [0.1, 0.15) is 18.4 Å². The molecule has 5 heteroatoms. The predicted molar refractivity (Wildman–Crippen MR) is 71.4 cm³/mol. The summed E-state index contributed by atoms with van der Waals surface area (Å²) < 4.78 is 1.94. The van der Waals surface area contributed by atoms with Crippen LogP contribution in [0.25, 0.3) is 0 Å². The Morgan fingerprint density at radius 1 is 1.39 bits per heavy atom. The fourth-order valence-electron chi connectivity index (χ4n) is 1.75. The zero-order valence-electron chi connectivity index (χ0n) is 10.3. The van der Waals surface area contributed by atoms with Crippen LogP contribution in [0.3, 0.4) is 0 Å². The van der Waals surface area contributed by atoms with Crippen LogP contribution in [-0.2, 0) is 13.6 Å². The molecule has 0 unspecified atom stereocenters. The minimum absolute atomic E-state index is 0.734. The first kappa shape index (κ1) is 11.7. The summed E-state index contributed by atoms with van der Waals surface area (Å²) in [5, 5.41) is 12.5. The summed E-state index contributed by atoms with van der Waals surface area (Å²) in [7, 11) is 1.97. The molecule has 0 atom stereocenters. The molecule has 3 rings (SSSR count). The second-order valence-corrected chi connectivity index (χ2v) is 5.60. The van der Waals surface area contributed by atoms with Gasteiger partial charge in [0.15, 0.2) is 5.16 Å². The van der Waals surface area contributed by atoms with Gasteiger partial charge in [0.2, 0.25) is 0 Å². The number of hydrogen-bond donors (Lipinski definition) is 1. The van der Waals surface area contributed by atoms with Gasteiger partial charge in [0, 0.05) is 24.5 Å². The lowest BCUT2D eigenvalue weighted by Crippen LogP contribution is -2.15. The Labute approximate surface area is 111 Å². The highest BCUT2D eigenvalue weighted by atomic mass is 32.2. The zero-order chi connectivity index (χ0) is 12.4. The summed E-state index contributed by atoms with van der Waals surface area (Å²) in [5.74, 6) is 0. The molecule has 0 radical (unpaired) electrons. The molecule has 0 aliphatic heterocycles. The number of hydrogen-bond acceptors (Lipinski definition) is 4. The van der Waals surface area contributed by atoms with Gasteiger partial charge in [-0.05, 0) is 36.2 Å². The first-order chi connectivity index (χ1) is 8.83. The van der Waals surface area contributed by atoms with E-state index in [2.05, 4.69) is 39.8 Å². The molecule has 1 heterocycles. The van der Waals surface area contributed by atoms with Crippen molar-refractivity contribution in [2.45, 2.75) is 35.5 Å². The average Bonchev–Trinajstić information content (AvgIpc) is 3.13. The molecule has 2 aromatic rings. The molecule has 0 saturated heterocycles. The van der Waals surface area contributed by atoms with Gasteiger partial charge in [-0.15, -0.1) is 10.2 Å². The molecule has 0 spiro atoms. The van der Waals surface area contributed by atoms with E-state index in [0.29, 0.717) is 0 Å². The normalized spacial score (nSPS) is 14.9. The maximum atomic E-state index is 4.12. The fraction of sp³-hybridized carbons (Fsp3) is 0.385. The quantitative estimate of drug-likeness (QED) is 0.895. The number of aryl methyl sites for hydroxylation is 1. The minimum Gasteiger partial charge on any atom is -0.311 e. The maximum Gasteiger partial charge on any atom is 0.195 e. The smallest absolute Gasteiger partial charge is 0.195 e.